The van der Waals surface area contributed by atoms with Gasteiger partial charge in [0, 0.05) is 6.54 Å². The van der Waals surface area contributed by atoms with Crippen molar-refractivity contribution in [3.8, 4) is 0 Å². The fourth-order valence-corrected chi connectivity index (χ4v) is 2.67. The molecule has 1 aliphatic heterocycles. The van der Waals surface area contributed by atoms with Gasteiger partial charge >= 0.3 is 6.09 Å². The van der Waals surface area contributed by atoms with E-state index >= 15 is 0 Å². The number of carbonyl (C=O) groups excluding carboxylic acids is 1. The Hall–Kier alpha value is -1.51. The van der Waals surface area contributed by atoms with Crippen molar-refractivity contribution in [3.63, 3.8) is 0 Å². The van der Waals surface area contributed by atoms with E-state index in [1.165, 1.54) is 5.56 Å². The van der Waals surface area contributed by atoms with Crippen molar-refractivity contribution < 1.29 is 9.53 Å². The Bertz CT molecular complexity index is 450. The molecule has 0 unspecified atom stereocenters. The van der Waals surface area contributed by atoms with Crippen LogP contribution in [0.5, 0.6) is 0 Å². The highest BCUT2D eigenvalue weighted by atomic mass is 16.6. The molecule has 0 aliphatic carbocycles. The average Bonchev–Trinajstić information content (AvgIpc) is 2.72. The largest absolute Gasteiger partial charge is 0.444 e. The van der Waals surface area contributed by atoms with Gasteiger partial charge in [0.25, 0.3) is 0 Å². The topological polar surface area (TPSA) is 29.5 Å². The molecule has 19 heavy (non-hydrogen) atoms. The smallest absolute Gasteiger partial charge is 0.411 e. The van der Waals surface area contributed by atoms with E-state index in [1.54, 1.807) is 0 Å². The predicted octanol–water partition coefficient (Wildman–Crippen LogP) is 3.93. The Morgan fingerprint density at radius 3 is 2.47 bits per heavy atom. The van der Waals surface area contributed by atoms with Crippen LogP contribution in [0, 0.1) is 0 Å². The summed E-state index contributed by atoms with van der Waals surface area (Å²) in [5.41, 5.74) is 0.485. The monoisotopic (exact) mass is 261 g/mol. The van der Waals surface area contributed by atoms with Crippen LogP contribution in [0.25, 0.3) is 0 Å². The molecule has 1 aromatic carbocycles. The molecule has 0 N–H and O–H groups in total. The second kappa shape index (κ2) is 4.87. The standard InChI is InChI=1S/C16H23NO2/c1-15(2,3)19-14(18)17-12-8-11-16(17,4)13-9-6-5-7-10-13/h5-7,9-10H,8,11-12H2,1-4H3/t16-/m1/s1. The first-order valence-electron chi connectivity index (χ1n) is 6.89. The summed E-state index contributed by atoms with van der Waals surface area (Å²) in [6.07, 6.45) is 1.79. The van der Waals surface area contributed by atoms with Crippen LogP contribution in [-0.4, -0.2) is 23.1 Å². The third-order valence-electron chi connectivity index (χ3n) is 3.65. The molecule has 1 saturated heterocycles. The van der Waals surface area contributed by atoms with E-state index < -0.39 is 5.60 Å². The van der Waals surface area contributed by atoms with Crippen LogP contribution in [-0.2, 0) is 10.3 Å². The molecule has 0 radical (unpaired) electrons. The van der Waals surface area contributed by atoms with E-state index in [9.17, 15) is 4.79 Å². The maximum atomic E-state index is 12.4. The zero-order chi connectivity index (χ0) is 14.1. The van der Waals surface area contributed by atoms with Crippen molar-refractivity contribution >= 4 is 6.09 Å². The van der Waals surface area contributed by atoms with E-state index in [0.29, 0.717) is 0 Å². The summed E-state index contributed by atoms with van der Waals surface area (Å²) in [5.74, 6) is 0. The third-order valence-corrected chi connectivity index (χ3v) is 3.65. The lowest BCUT2D eigenvalue weighted by Crippen LogP contribution is -2.45. The first kappa shape index (κ1) is 13.9. The fraction of sp³-hybridized carbons (Fsp3) is 0.562. The number of hydrogen-bond acceptors (Lipinski definition) is 2. The lowest BCUT2D eigenvalue weighted by atomic mass is 9.89. The van der Waals surface area contributed by atoms with Crippen molar-refractivity contribution in [1.29, 1.82) is 0 Å². The lowest BCUT2D eigenvalue weighted by Gasteiger charge is -2.36. The quantitative estimate of drug-likeness (QED) is 0.766. The molecule has 0 bridgehead atoms. The molecule has 0 saturated carbocycles. The number of likely N-dealkylation sites (tertiary alicyclic amines) is 1. The number of nitrogens with zero attached hydrogens (tertiary/aromatic N) is 1. The van der Waals surface area contributed by atoms with Crippen molar-refractivity contribution in [2.45, 2.75) is 51.7 Å². The van der Waals surface area contributed by atoms with Gasteiger partial charge in [0.15, 0.2) is 0 Å². The Labute approximate surface area is 115 Å². The Balaban J connectivity index is 2.24. The number of hydrogen-bond donors (Lipinski definition) is 0. The summed E-state index contributed by atoms with van der Waals surface area (Å²) >= 11 is 0. The van der Waals surface area contributed by atoms with E-state index in [-0.39, 0.29) is 11.6 Å². The van der Waals surface area contributed by atoms with Crippen LogP contribution in [0.1, 0.15) is 46.1 Å². The van der Waals surface area contributed by atoms with E-state index in [0.717, 1.165) is 19.4 Å². The normalized spacial score (nSPS) is 23.5. The summed E-state index contributed by atoms with van der Waals surface area (Å²) in [4.78, 5) is 14.2. The summed E-state index contributed by atoms with van der Waals surface area (Å²) < 4.78 is 5.53. The van der Waals surface area contributed by atoms with E-state index in [2.05, 4.69) is 19.1 Å². The first-order valence-corrected chi connectivity index (χ1v) is 6.89. The van der Waals surface area contributed by atoms with Gasteiger partial charge in [-0.15, -0.1) is 0 Å². The molecular weight excluding hydrogens is 238 g/mol. The van der Waals surface area contributed by atoms with Gasteiger partial charge in [0.05, 0.1) is 5.54 Å². The zero-order valence-corrected chi connectivity index (χ0v) is 12.3. The highest BCUT2D eigenvalue weighted by Gasteiger charge is 2.42. The van der Waals surface area contributed by atoms with Crippen LogP contribution in [0.4, 0.5) is 4.79 Å². The van der Waals surface area contributed by atoms with Gasteiger partial charge < -0.3 is 4.74 Å². The van der Waals surface area contributed by atoms with Crippen LogP contribution in [0.3, 0.4) is 0 Å². The van der Waals surface area contributed by atoms with Gasteiger partial charge in [-0.2, -0.15) is 0 Å². The van der Waals surface area contributed by atoms with Crippen molar-refractivity contribution in [3.05, 3.63) is 35.9 Å². The highest BCUT2D eigenvalue weighted by Crippen LogP contribution is 2.39. The maximum Gasteiger partial charge on any atom is 0.411 e. The van der Waals surface area contributed by atoms with Gasteiger partial charge in [0.1, 0.15) is 5.60 Å². The van der Waals surface area contributed by atoms with Crippen molar-refractivity contribution in [1.82, 2.24) is 4.90 Å². The first-order chi connectivity index (χ1) is 8.83. The van der Waals surface area contributed by atoms with Gasteiger partial charge in [-0.3, -0.25) is 4.90 Å². The number of amides is 1. The number of carbonyl (C=O) groups is 1. The van der Waals surface area contributed by atoms with Gasteiger partial charge in [-0.1, -0.05) is 30.3 Å². The minimum atomic E-state index is -0.447. The molecule has 3 heteroatoms. The van der Waals surface area contributed by atoms with Gasteiger partial charge in [0.2, 0.25) is 0 Å². The predicted molar refractivity (Wildman–Crippen MR) is 76.0 cm³/mol. The highest BCUT2D eigenvalue weighted by molar-refractivity contribution is 5.70. The molecule has 1 amide bonds. The van der Waals surface area contributed by atoms with Gasteiger partial charge in [-0.05, 0) is 46.1 Å². The van der Waals surface area contributed by atoms with Crippen molar-refractivity contribution in [2.75, 3.05) is 6.54 Å². The number of ether oxygens (including phenoxy) is 1. The van der Waals surface area contributed by atoms with Crippen LogP contribution < -0.4 is 0 Å². The SMILES string of the molecule is CC(C)(C)OC(=O)N1CCC[C@]1(C)c1ccccc1. The van der Waals surface area contributed by atoms with E-state index in [4.69, 9.17) is 4.74 Å². The molecule has 0 aromatic heterocycles. The number of rotatable bonds is 1. The zero-order valence-electron chi connectivity index (χ0n) is 12.3. The van der Waals surface area contributed by atoms with Crippen LogP contribution in [0.15, 0.2) is 30.3 Å². The van der Waals surface area contributed by atoms with Gasteiger partial charge in [-0.25, -0.2) is 4.79 Å². The molecule has 1 fully saturated rings. The maximum absolute atomic E-state index is 12.4. The second-order valence-corrected chi connectivity index (χ2v) is 6.38. The molecule has 1 aromatic rings. The molecule has 1 atom stereocenters. The second-order valence-electron chi connectivity index (χ2n) is 6.38. The number of benzene rings is 1. The third kappa shape index (κ3) is 2.91. The fourth-order valence-electron chi connectivity index (χ4n) is 2.67. The Morgan fingerprint density at radius 2 is 1.89 bits per heavy atom. The summed E-state index contributed by atoms with van der Waals surface area (Å²) in [7, 11) is 0. The molecular formula is C16H23NO2. The van der Waals surface area contributed by atoms with Crippen LogP contribution in [0.2, 0.25) is 0 Å². The molecule has 3 nitrogen and oxygen atoms in total. The molecule has 104 valence electrons. The summed E-state index contributed by atoms with van der Waals surface area (Å²) in [6.45, 7) is 8.60. The average molecular weight is 261 g/mol. The van der Waals surface area contributed by atoms with E-state index in [1.807, 2.05) is 43.9 Å². The van der Waals surface area contributed by atoms with Crippen LogP contribution >= 0.6 is 0 Å². The molecule has 1 aliphatic rings. The summed E-state index contributed by atoms with van der Waals surface area (Å²) in [6, 6.07) is 10.2. The summed E-state index contributed by atoms with van der Waals surface area (Å²) in [5, 5.41) is 0. The lowest BCUT2D eigenvalue weighted by molar-refractivity contribution is 0.00994. The Morgan fingerprint density at radius 1 is 1.26 bits per heavy atom. The minimum Gasteiger partial charge on any atom is -0.444 e. The molecule has 2 rings (SSSR count). The Kier molecular flexibility index (Phi) is 3.57. The minimum absolute atomic E-state index is 0.212. The molecule has 0 spiro atoms. The van der Waals surface area contributed by atoms with Crippen molar-refractivity contribution in [2.24, 2.45) is 0 Å². The molecule has 1 heterocycles.